The van der Waals surface area contributed by atoms with Crippen LogP contribution in [0.4, 0.5) is 0 Å². The standard InChI is InChI=1S/C75H131NO8/c1-3-5-7-9-11-13-15-17-19-21-23-25-27-29-31-32-33-34-35-36-37-38-39-41-43-45-47-49-51-53-55-57-59-61-63-65-71(79)76-68(67-83-75-74(82)73(81)72(80)70(66-77)84-75)69(78)64-62-60-58-56-54-52-50-48-46-44-42-40-30-28-26-24-22-20-18-16-14-12-10-8-6-4-2/h5,7,11,13,17,19,23,25,29,31,33-34,36-37,39,41,45,47,68-70,72-75,77-78,80-82H,3-4,6,8-10,12,14-16,18,20-22,24,26-28,30,32,35,38,40,42-44,46,48-67H2,1-2H3,(H,76,79)/b7-5-,13-11-,19-17-,25-23-,31-29-,34-33-,37-36-,41-39-,47-45-. The van der Waals surface area contributed by atoms with E-state index in [2.05, 4.69) is 129 Å². The molecule has 7 atom stereocenters. The summed E-state index contributed by atoms with van der Waals surface area (Å²) in [4.78, 5) is 13.2. The van der Waals surface area contributed by atoms with Crippen LogP contribution in [0.15, 0.2) is 109 Å². The van der Waals surface area contributed by atoms with Crippen LogP contribution in [-0.2, 0) is 14.3 Å². The first-order chi connectivity index (χ1) is 41.3. The molecule has 1 aliphatic rings. The van der Waals surface area contributed by atoms with Crippen molar-refractivity contribution in [2.24, 2.45) is 0 Å². The van der Waals surface area contributed by atoms with Crippen molar-refractivity contribution in [1.29, 1.82) is 0 Å². The van der Waals surface area contributed by atoms with Crippen LogP contribution < -0.4 is 5.32 Å². The van der Waals surface area contributed by atoms with Gasteiger partial charge < -0.3 is 40.3 Å². The summed E-state index contributed by atoms with van der Waals surface area (Å²) < 4.78 is 11.4. The summed E-state index contributed by atoms with van der Waals surface area (Å²) in [6.45, 7) is 3.75. The molecule has 0 aromatic rings. The number of aliphatic hydroxyl groups is 5. The zero-order valence-corrected chi connectivity index (χ0v) is 54.1. The van der Waals surface area contributed by atoms with Crippen LogP contribution in [0.25, 0.3) is 0 Å². The molecule has 1 aliphatic heterocycles. The van der Waals surface area contributed by atoms with Crippen molar-refractivity contribution in [3.05, 3.63) is 109 Å². The van der Waals surface area contributed by atoms with Crippen LogP contribution in [0, 0.1) is 0 Å². The average Bonchev–Trinajstić information content (AvgIpc) is 3.70. The molecular weight excluding hydrogens is 1040 g/mol. The van der Waals surface area contributed by atoms with Gasteiger partial charge in [-0.1, -0.05) is 322 Å². The maximum Gasteiger partial charge on any atom is 0.220 e. The minimum Gasteiger partial charge on any atom is -0.394 e. The molecule has 0 aromatic heterocycles. The monoisotopic (exact) mass is 1170 g/mol. The minimum atomic E-state index is -1.56. The Morgan fingerprint density at radius 1 is 0.417 bits per heavy atom. The van der Waals surface area contributed by atoms with Gasteiger partial charge in [-0.25, -0.2) is 0 Å². The fourth-order valence-electron chi connectivity index (χ4n) is 10.7. The van der Waals surface area contributed by atoms with Crippen LogP contribution in [0.3, 0.4) is 0 Å². The van der Waals surface area contributed by atoms with E-state index in [0.717, 1.165) is 109 Å². The molecule has 9 nitrogen and oxygen atoms in total. The first-order valence-corrected chi connectivity index (χ1v) is 35.1. The first kappa shape index (κ1) is 78.9. The zero-order chi connectivity index (χ0) is 60.7. The minimum absolute atomic E-state index is 0.147. The molecule has 1 saturated heterocycles. The lowest BCUT2D eigenvalue weighted by molar-refractivity contribution is -0.302. The highest BCUT2D eigenvalue weighted by molar-refractivity contribution is 5.76. The van der Waals surface area contributed by atoms with E-state index in [4.69, 9.17) is 9.47 Å². The normalized spacial score (nSPS) is 18.9. The van der Waals surface area contributed by atoms with Gasteiger partial charge in [0, 0.05) is 6.42 Å². The third-order valence-corrected chi connectivity index (χ3v) is 16.1. The molecule has 1 amide bonds. The van der Waals surface area contributed by atoms with E-state index >= 15 is 0 Å². The third-order valence-electron chi connectivity index (χ3n) is 16.1. The van der Waals surface area contributed by atoms with Gasteiger partial charge in [-0.05, 0) is 83.5 Å². The van der Waals surface area contributed by atoms with Crippen molar-refractivity contribution in [2.75, 3.05) is 13.2 Å². The smallest absolute Gasteiger partial charge is 0.220 e. The maximum absolute atomic E-state index is 13.2. The fourth-order valence-corrected chi connectivity index (χ4v) is 10.7. The molecule has 1 heterocycles. The summed E-state index contributed by atoms with van der Waals surface area (Å²) in [5.74, 6) is -0.156. The highest BCUT2D eigenvalue weighted by Gasteiger charge is 2.44. The Morgan fingerprint density at radius 2 is 0.738 bits per heavy atom. The molecule has 0 saturated carbocycles. The van der Waals surface area contributed by atoms with Crippen molar-refractivity contribution in [3.8, 4) is 0 Å². The second kappa shape index (κ2) is 62.9. The van der Waals surface area contributed by atoms with E-state index in [1.165, 1.54) is 167 Å². The van der Waals surface area contributed by atoms with Crippen LogP contribution in [0.1, 0.15) is 303 Å². The number of hydrogen-bond acceptors (Lipinski definition) is 8. The lowest BCUT2D eigenvalue weighted by Gasteiger charge is -2.40. The quantitative estimate of drug-likeness (QED) is 0.0261. The Balaban J connectivity index is 2.16. The predicted molar refractivity (Wildman–Crippen MR) is 359 cm³/mol. The number of amides is 1. The van der Waals surface area contributed by atoms with Gasteiger partial charge >= 0.3 is 0 Å². The molecule has 6 N–H and O–H groups in total. The van der Waals surface area contributed by atoms with E-state index in [9.17, 15) is 30.3 Å². The molecule has 0 radical (unpaired) electrons. The third kappa shape index (κ3) is 50.9. The van der Waals surface area contributed by atoms with Gasteiger partial charge in [0.05, 0.1) is 25.4 Å². The number of hydrogen-bond donors (Lipinski definition) is 6. The van der Waals surface area contributed by atoms with Gasteiger partial charge in [0.1, 0.15) is 24.4 Å². The molecule has 84 heavy (non-hydrogen) atoms. The highest BCUT2D eigenvalue weighted by atomic mass is 16.7. The van der Waals surface area contributed by atoms with Crippen molar-refractivity contribution >= 4 is 5.91 Å². The first-order valence-electron chi connectivity index (χ1n) is 35.1. The van der Waals surface area contributed by atoms with Gasteiger partial charge in [0.15, 0.2) is 6.29 Å². The summed E-state index contributed by atoms with van der Waals surface area (Å²) in [7, 11) is 0. The zero-order valence-electron chi connectivity index (χ0n) is 54.1. The molecule has 9 heteroatoms. The maximum atomic E-state index is 13.2. The predicted octanol–water partition coefficient (Wildman–Crippen LogP) is 19.2. The van der Waals surface area contributed by atoms with Crippen LogP contribution >= 0.6 is 0 Å². The Hall–Kier alpha value is -3.15. The molecule has 1 rings (SSSR count). The second-order valence-electron chi connectivity index (χ2n) is 23.9. The van der Waals surface area contributed by atoms with Crippen LogP contribution in [-0.4, -0.2) is 87.5 Å². The van der Waals surface area contributed by atoms with Crippen molar-refractivity contribution in [1.82, 2.24) is 5.32 Å². The number of unbranched alkanes of at least 4 members (excludes halogenated alkanes) is 32. The topological polar surface area (TPSA) is 149 Å². The summed E-state index contributed by atoms with van der Waals surface area (Å²) in [6.07, 6.45) is 85.7. The number of nitrogens with one attached hydrogen (secondary N) is 1. The molecular formula is C75H131NO8. The molecule has 1 fully saturated rings. The lowest BCUT2D eigenvalue weighted by atomic mass is 9.99. The molecule has 0 spiro atoms. The van der Waals surface area contributed by atoms with E-state index in [1.807, 2.05) is 0 Å². The number of carbonyl (C=O) groups is 1. The lowest BCUT2D eigenvalue weighted by Crippen LogP contribution is -2.60. The Morgan fingerprint density at radius 3 is 1.10 bits per heavy atom. The average molecular weight is 1170 g/mol. The summed E-state index contributed by atoms with van der Waals surface area (Å²) in [5.41, 5.74) is 0. The molecule has 0 aliphatic carbocycles. The van der Waals surface area contributed by atoms with Gasteiger partial charge in [-0.3, -0.25) is 4.79 Å². The number of rotatable bonds is 60. The van der Waals surface area contributed by atoms with E-state index < -0.39 is 49.5 Å². The van der Waals surface area contributed by atoms with Gasteiger partial charge in [-0.2, -0.15) is 0 Å². The van der Waals surface area contributed by atoms with Gasteiger partial charge in [0.2, 0.25) is 5.91 Å². The molecule has 0 aromatic carbocycles. The molecule has 0 bridgehead atoms. The van der Waals surface area contributed by atoms with Crippen LogP contribution in [0.2, 0.25) is 0 Å². The number of ether oxygens (including phenoxy) is 2. The summed E-state index contributed by atoms with van der Waals surface area (Å²) in [5, 5.41) is 54.9. The summed E-state index contributed by atoms with van der Waals surface area (Å²) >= 11 is 0. The van der Waals surface area contributed by atoms with E-state index in [-0.39, 0.29) is 12.5 Å². The second-order valence-corrected chi connectivity index (χ2v) is 23.9. The van der Waals surface area contributed by atoms with Crippen LogP contribution in [0.5, 0.6) is 0 Å². The number of allylic oxidation sites excluding steroid dienone is 18. The Kier molecular flexibility index (Phi) is 59.0. The fraction of sp³-hybridized carbons (Fsp3) is 0.747. The summed E-state index contributed by atoms with van der Waals surface area (Å²) in [6, 6.07) is -0.735. The van der Waals surface area contributed by atoms with E-state index in [1.54, 1.807) is 0 Å². The van der Waals surface area contributed by atoms with Gasteiger partial charge in [0.25, 0.3) is 0 Å². The van der Waals surface area contributed by atoms with Crippen molar-refractivity contribution in [2.45, 2.75) is 346 Å². The Labute approximate surface area is 516 Å². The van der Waals surface area contributed by atoms with E-state index in [0.29, 0.717) is 12.8 Å². The molecule has 7 unspecified atom stereocenters. The van der Waals surface area contributed by atoms with Crippen molar-refractivity contribution in [3.63, 3.8) is 0 Å². The van der Waals surface area contributed by atoms with Gasteiger partial charge in [-0.15, -0.1) is 0 Å². The number of carbonyl (C=O) groups excluding carboxylic acids is 1. The number of aliphatic hydroxyl groups excluding tert-OH is 5. The largest absolute Gasteiger partial charge is 0.394 e. The molecule has 484 valence electrons. The SMILES string of the molecule is CC/C=C\C/C=C\C/C=C\C/C=C\C/C=C\C/C=C\C/C=C\C/C=C\C/C=C\CCCCCCCCCC(=O)NC(COC1OC(CO)C(O)C(O)C1O)C(O)CCCCCCCCCCCCCCCCCCCCCCCCCCCC. The van der Waals surface area contributed by atoms with Crippen molar-refractivity contribution < 1.29 is 39.8 Å². The highest BCUT2D eigenvalue weighted by Crippen LogP contribution is 2.23. The Bertz CT molecular complexity index is 1690.